The molecule has 0 aliphatic carbocycles. The zero-order valence-corrected chi connectivity index (χ0v) is 19.5. The van der Waals surface area contributed by atoms with E-state index in [0.717, 1.165) is 30.5 Å². The molecule has 2 amide bonds. The number of rotatable bonds is 6. The molecule has 0 bridgehead atoms. The molecule has 4 rings (SSSR count). The number of halogens is 3. The van der Waals surface area contributed by atoms with Gasteiger partial charge in [0.05, 0.1) is 28.9 Å². The molecule has 180 valence electrons. The van der Waals surface area contributed by atoms with Gasteiger partial charge in [-0.05, 0) is 36.6 Å². The summed E-state index contributed by atoms with van der Waals surface area (Å²) in [5.74, 6) is -0.104. The molecule has 1 aromatic heterocycles. The van der Waals surface area contributed by atoms with Crippen molar-refractivity contribution in [3.05, 3.63) is 59.7 Å². The van der Waals surface area contributed by atoms with Gasteiger partial charge in [-0.15, -0.1) is 0 Å². The van der Waals surface area contributed by atoms with Crippen LogP contribution in [0.2, 0.25) is 0 Å². The lowest BCUT2D eigenvalue weighted by Crippen LogP contribution is -2.49. The van der Waals surface area contributed by atoms with Crippen molar-refractivity contribution in [2.45, 2.75) is 43.7 Å². The fourth-order valence-corrected chi connectivity index (χ4v) is 5.06. The number of likely N-dealkylation sites (tertiary alicyclic amines) is 1. The number of piperidine rings is 1. The monoisotopic (exact) mass is 490 g/mol. The first-order chi connectivity index (χ1) is 16.2. The van der Waals surface area contributed by atoms with Gasteiger partial charge in [0.25, 0.3) is 0 Å². The minimum atomic E-state index is -4.46. The van der Waals surface area contributed by atoms with E-state index in [0.29, 0.717) is 30.3 Å². The number of alkyl halides is 3. The molecule has 10 heteroatoms. The van der Waals surface area contributed by atoms with Gasteiger partial charge >= 0.3 is 6.18 Å². The molecular formula is C24H25F3N4O2S. The van der Waals surface area contributed by atoms with E-state index in [-0.39, 0.29) is 29.1 Å². The zero-order valence-electron chi connectivity index (χ0n) is 18.6. The number of imidazole rings is 1. The lowest BCUT2D eigenvalue weighted by Gasteiger charge is -2.33. The Bertz CT molecular complexity index is 1180. The number of nitrogens with one attached hydrogen (secondary N) is 1. The molecule has 0 saturated carbocycles. The molecule has 1 aliphatic rings. The van der Waals surface area contributed by atoms with Crippen LogP contribution < -0.4 is 5.32 Å². The van der Waals surface area contributed by atoms with Crippen molar-refractivity contribution >= 4 is 34.6 Å². The first-order valence-corrected chi connectivity index (χ1v) is 12.0. The predicted molar refractivity (Wildman–Crippen MR) is 124 cm³/mol. The Labute approximate surface area is 199 Å². The van der Waals surface area contributed by atoms with Crippen LogP contribution in [0.15, 0.2) is 53.7 Å². The standard InChI is InChI=1S/C24H25F3N4O2S/c1-16(32)28-19-8-5-11-30(14-19)22(33)15-34-23-29-20-12-18(24(25,26)27)9-10-21(20)31(23)13-17-6-3-2-4-7-17/h2-4,6-7,9-10,12,19H,5,8,11,13-15H2,1H3,(H,28,32). The number of benzene rings is 2. The summed E-state index contributed by atoms with van der Waals surface area (Å²) >= 11 is 1.21. The summed E-state index contributed by atoms with van der Waals surface area (Å²) in [4.78, 5) is 30.4. The SMILES string of the molecule is CC(=O)NC1CCCN(C(=O)CSc2nc3cc(C(F)(F)F)ccc3n2Cc2ccccc2)C1. The Kier molecular flexibility index (Phi) is 7.16. The van der Waals surface area contributed by atoms with Crippen molar-refractivity contribution in [2.24, 2.45) is 0 Å². The van der Waals surface area contributed by atoms with Crippen molar-refractivity contribution < 1.29 is 22.8 Å². The molecule has 6 nitrogen and oxygen atoms in total. The van der Waals surface area contributed by atoms with Crippen molar-refractivity contribution in [1.29, 1.82) is 0 Å². The number of aromatic nitrogens is 2. The fourth-order valence-electron chi connectivity index (χ4n) is 4.14. The quantitative estimate of drug-likeness (QED) is 0.523. The van der Waals surface area contributed by atoms with E-state index in [9.17, 15) is 22.8 Å². The van der Waals surface area contributed by atoms with E-state index >= 15 is 0 Å². The second-order valence-corrected chi connectivity index (χ2v) is 9.28. The highest BCUT2D eigenvalue weighted by molar-refractivity contribution is 7.99. The van der Waals surface area contributed by atoms with Gasteiger partial charge in [-0.25, -0.2) is 4.98 Å². The molecule has 1 unspecified atom stereocenters. The second kappa shape index (κ2) is 10.1. The smallest absolute Gasteiger partial charge is 0.352 e. The average molecular weight is 491 g/mol. The number of carbonyl (C=O) groups is 2. The summed E-state index contributed by atoms with van der Waals surface area (Å²) in [6.45, 7) is 2.95. The molecule has 1 saturated heterocycles. The third kappa shape index (κ3) is 5.72. The van der Waals surface area contributed by atoms with E-state index in [2.05, 4.69) is 10.3 Å². The third-order valence-corrected chi connectivity index (χ3v) is 6.69. The summed E-state index contributed by atoms with van der Waals surface area (Å²) < 4.78 is 41.5. The van der Waals surface area contributed by atoms with Gasteiger partial charge in [-0.1, -0.05) is 42.1 Å². The van der Waals surface area contributed by atoms with Gasteiger partial charge in [-0.2, -0.15) is 13.2 Å². The maximum Gasteiger partial charge on any atom is 0.416 e. The largest absolute Gasteiger partial charge is 0.416 e. The number of hydrogen-bond acceptors (Lipinski definition) is 4. The summed E-state index contributed by atoms with van der Waals surface area (Å²) in [6.07, 6.45) is -2.83. The molecule has 1 atom stereocenters. The van der Waals surface area contributed by atoms with Crippen LogP contribution in [-0.4, -0.2) is 51.1 Å². The van der Waals surface area contributed by atoms with Crippen LogP contribution in [0.1, 0.15) is 30.9 Å². The predicted octanol–water partition coefficient (Wildman–Crippen LogP) is 4.32. The Morgan fingerprint density at radius 2 is 1.94 bits per heavy atom. The van der Waals surface area contributed by atoms with E-state index in [1.165, 1.54) is 24.8 Å². The van der Waals surface area contributed by atoms with Crippen LogP contribution in [0.4, 0.5) is 13.2 Å². The van der Waals surface area contributed by atoms with Crippen molar-refractivity contribution in [3.8, 4) is 0 Å². The van der Waals surface area contributed by atoms with Gasteiger partial charge in [0.15, 0.2) is 5.16 Å². The van der Waals surface area contributed by atoms with Gasteiger partial charge in [0.1, 0.15) is 0 Å². The second-order valence-electron chi connectivity index (χ2n) is 8.34. The highest BCUT2D eigenvalue weighted by Gasteiger charge is 2.31. The first-order valence-electron chi connectivity index (χ1n) is 11.0. The Morgan fingerprint density at radius 1 is 1.18 bits per heavy atom. The first kappa shape index (κ1) is 24.1. The van der Waals surface area contributed by atoms with Gasteiger partial charge in [0, 0.05) is 26.1 Å². The number of hydrogen-bond donors (Lipinski definition) is 1. The van der Waals surface area contributed by atoms with Crippen LogP contribution in [0.25, 0.3) is 11.0 Å². The molecule has 2 heterocycles. The van der Waals surface area contributed by atoms with Crippen LogP contribution in [0.3, 0.4) is 0 Å². The Balaban J connectivity index is 1.56. The van der Waals surface area contributed by atoms with Crippen molar-refractivity contribution in [1.82, 2.24) is 19.8 Å². The molecule has 1 N–H and O–H groups in total. The number of carbonyl (C=O) groups excluding carboxylic acids is 2. The third-order valence-electron chi connectivity index (χ3n) is 5.73. The normalized spacial score (nSPS) is 16.6. The molecule has 3 aromatic rings. The Morgan fingerprint density at radius 3 is 2.65 bits per heavy atom. The summed E-state index contributed by atoms with van der Waals surface area (Å²) in [6, 6.07) is 13.0. The zero-order chi connectivity index (χ0) is 24.3. The van der Waals surface area contributed by atoms with Crippen LogP contribution in [0, 0.1) is 0 Å². The Hall–Kier alpha value is -3.01. The van der Waals surface area contributed by atoms with Crippen molar-refractivity contribution in [3.63, 3.8) is 0 Å². The maximum atomic E-state index is 13.2. The minimum absolute atomic E-state index is 0.0661. The molecule has 1 fully saturated rings. The number of thioether (sulfide) groups is 1. The van der Waals surface area contributed by atoms with E-state index in [4.69, 9.17) is 0 Å². The maximum absolute atomic E-state index is 13.2. The van der Waals surface area contributed by atoms with Gasteiger partial charge in [-0.3, -0.25) is 9.59 Å². The van der Waals surface area contributed by atoms with E-state index < -0.39 is 11.7 Å². The highest BCUT2D eigenvalue weighted by atomic mass is 32.2. The number of fused-ring (bicyclic) bond motifs is 1. The molecular weight excluding hydrogens is 465 g/mol. The fraction of sp³-hybridized carbons (Fsp3) is 0.375. The molecule has 1 aliphatic heterocycles. The van der Waals surface area contributed by atoms with E-state index in [1.54, 1.807) is 4.90 Å². The summed E-state index contributed by atoms with van der Waals surface area (Å²) in [5.41, 5.74) is 1.04. The van der Waals surface area contributed by atoms with Crippen LogP contribution in [0.5, 0.6) is 0 Å². The molecule has 34 heavy (non-hydrogen) atoms. The summed E-state index contributed by atoms with van der Waals surface area (Å²) in [5, 5.41) is 3.35. The van der Waals surface area contributed by atoms with Gasteiger partial charge < -0.3 is 14.8 Å². The van der Waals surface area contributed by atoms with Crippen LogP contribution >= 0.6 is 11.8 Å². The lowest BCUT2D eigenvalue weighted by molar-refractivity contribution is -0.137. The van der Waals surface area contributed by atoms with Crippen molar-refractivity contribution in [2.75, 3.05) is 18.8 Å². The summed E-state index contributed by atoms with van der Waals surface area (Å²) in [7, 11) is 0. The van der Waals surface area contributed by atoms with Gasteiger partial charge in [0.2, 0.25) is 11.8 Å². The molecule has 0 spiro atoms. The minimum Gasteiger partial charge on any atom is -0.352 e. The van der Waals surface area contributed by atoms with Crippen LogP contribution in [-0.2, 0) is 22.3 Å². The highest BCUT2D eigenvalue weighted by Crippen LogP contribution is 2.33. The molecule has 2 aromatic carbocycles. The molecule has 0 radical (unpaired) electrons. The number of amides is 2. The number of nitrogens with zero attached hydrogens (tertiary/aromatic N) is 3. The average Bonchev–Trinajstić information content (AvgIpc) is 3.14. The topological polar surface area (TPSA) is 67.2 Å². The lowest BCUT2D eigenvalue weighted by atomic mass is 10.1. The van der Waals surface area contributed by atoms with E-state index in [1.807, 2.05) is 34.9 Å².